The quantitative estimate of drug-likeness (QED) is 0.757. The molecule has 0 radical (unpaired) electrons. The van der Waals surface area contributed by atoms with Gasteiger partial charge in [-0.05, 0) is 38.0 Å². The normalized spacial score (nSPS) is 24.4. The number of piperidine rings is 1. The maximum atomic E-state index is 12.7. The summed E-state index contributed by atoms with van der Waals surface area (Å²) in [4.78, 5) is 28.3. The zero-order valence-corrected chi connectivity index (χ0v) is 16.4. The standard InChI is InChI=1S/C20H30N6O2/c27-19-15-24(11-8-21-19)13-18-14-26(23-22-18)12-16-6-9-25(10-7-16)20(28)17-4-2-1-3-5-17/h1-2,14,16-17H,3-13,15H2,(H,21,27)/t17-/m0/s1. The number of carbonyl (C=O) groups is 2. The lowest BCUT2D eigenvalue weighted by Gasteiger charge is -2.34. The van der Waals surface area contributed by atoms with Crippen molar-refractivity contribution in [2.24, 2.45) is 11.8 Å². The molecule has 0 unspecified atom stereocenters. The van der Waals surface area contributed by atoms with Gasteiger partial charge in [-0.15, -0.1) is 5.10 Å². The van der Waals surface area contributed by atoms with Gasteiger partial charge in [-0.25, -0.2) is 0 Å². The maximum Gasteiger partial charge on any atom is 0.234 e. The Hall–Kier alpha value is -2.22. The molecular formula is C20H30N6O2. The van der Waals surface area contributed by atoms with Crippen LogP contribution in [0.3, 0.4) is 0 Å². The van der Waals surface area contributed by atoms with Crippen molar-refractivity contribution in [2.75, 3.05) is 32.7 Å². The fourth-order valence-electron chi connectivity index (χ4n) is 4.43. The average Bonchev–Trinajstić information content (AvgIpc) is 3.15. The molecule has 2 amide bonds. The molecule has 1 atom stereocenters. The van der Waals surface area contributed by atoms with Crippen LogP contribution in [-0.4, -0.2) is 69.3 Å². The molecular weight excluding hydrogens is 356 g/mol. The molecule has 8 heteroatoms. The first-order valence-electron chi connectivity index (χ1n) is 10.5. The van der Waals surface area contributed by atoms with Crippen LogP contribution in [0.1, 0.15) is 37.8 Å². The largest absolute Gasteiger partial charge is 0.354 e. The Morgan fingerprint density at radius 3 is 2.79 bits per heavy atom. The van der Waals surface area contributed by atoms with Crippen LogP contribution in [0.4, 0.5) is 0 Å². The second-order valence-corrected chi connectivity index (χ2v) is 8.24. The highest BCUT2D eigenvalue weighted by atomic mass is 16.2. The molecule has 2 aliphatic heterocycles. The summed E-state index contributed by atoms with van der Waals surface area (Å²) < 4.78 is 1.92. The first-order chi connectivity index (χ1) is 13.7. The van der Waals surface area contributed by atoms with Gasteiger partial charge in [-0.2, -0.15) is 0 Å². The van der Waals surface area contributed by atoms with E-state index in [-0.39, 0.29) is 11.8 Å². The Balaban J connectivity index is 1.23. The van der Waals surface area contributed by atoms with Crippen molar-refractivity contribution in [2.45, 2.75) is 45.2 Å². The van der Waals surface area contributed by atoms with Crippen LogP contribution in [0, 0.1) is 11.8 Å². The molecule has 1 aromatic rings. The highest BCUT2D eigenvalue weighted by Gasteiger charge is 2.28. The second kappa shape index (κ2) is 8.86. The highest BCUT2D eigenvalue weighted by Crippen LogP contribution is 2.25. The average molecular weight is 387 g/mol. The molecule has 3 aliphatic rings. The lowest BCUT2D eigenvalue weighted by atomic mass is 9.91. The minimum absolute atomic E-state index is 0.0733. The number of nitrogens with one attached hydrogen (secondary N) is 1. The van der Waals surface area contributed by atoms with Crippen molar-refractivity contribution < 1.29 is 9.59 Å². The molecule has 0 bridgehead atoms. The van der Waals surface area contributed by atoms with Crippen LogP contribution >= 0.6 is 0 Å². The van der Waals surface area contributed by atoms with Crippen molar-refractivity contribution >= 4 is 11.8 Å². The summed E-state index contributed by atoms with van der Waals surface area (Å²) in [6.45, 7) is 5.19. The van der Waals surface area contributed by atoms with Crippen LogP contribution in [0.2, 0.25) is 0 Å². The number of aromatic nitrogens is 3. The number of piperazine rings is 1. The third-order valence-corrected chi connectivity index (χ3v) is 6.08. The monoisotopic (exact) mass is 386 g/mol. The lowest BCUT2D eigenvalue weighted by molar-refractivity contribution is -0.137. The first-order valence-corrected chi connectivity index (χ1v) is 10.5. The lowest BCUT2D eigenvalue weighted by Crippen LogP contribution is -2.47. The summed E-state index contributed by atoms with van der Waals surface area (Å²) in [5.74, 6) is 1.14. The summed E-state index contributed by atoms with van der Waals surface area (Å²) in [7, 11) is 0. The molecule has 1 aliphatic carbocycles. The van der Waals surface area contributed by atoms with Crippen molar-refractivity contribution in [1.29, 1.82) is 0 Å². The molecule has 8 nitrogen and oxygen atoms in total. The van der Waals surface area contributed by atoms with Gasteiger partial charge in [0.2, 0.25) is 11.8 Å². The highest BCUT2D eigenvalue weighted by molar-refractivity contribution is 5.79. The molecule has 152 valence electrons. The number of rotatable bonds is 5. The molecule has 0 aromatic carbocycles. The van der Waals surface area contributed by atoms with E-state index < -0.39 is 0 Å². The van der Waals surface area contributed by atoms with Gasteiger partial charge < -0.3 is 10.2 Å². The van der Waals surface area contributed by atoms with Gasteiger partial charge >= 0.3 is 0 Å². The van der Waals surface area contributed by atoms with E-state index in [0.29, 0.717) is 31.5 Å². The maximum absolute atomic E-state index is 12.7. The fraction of sp³-hybridized carbons (Fsp3) is 0.700. The number of nitrogens with zero attached hydrogens (tertiary/aromatic N) is 5. The number of hydrogen-bond acceptors (Lipinski definition) is 5. The van der Waals surface area contributed by atoms with Crippen LogP contribution in [-0.2, 0) is 22.7 Å². The molecule has 2 fully saturated rings. The van der Waals surface area contributed by atoms with E-state index in [2.05, 4.69) is 37.6 Å². The van der Waals surface area contributed by atoms with Crippen LogP contribution in [0.5, 0.6) is 0 Å². The summed E-state index contributed by atoms with van der Waals surface area (Å²) in [5, 5.41) is 11.4. The zero-order valence-electron chi connectivity index (χ0n) is 16.4. The number of carbonyl (C=O) groups excluding carboxylic acids is 2. The van der Waals surface area contributed by atoms with E-state index in [9.17, 15) is 9.59 Å². The topological polar surface area (TPSA) is 83.4 Å². The van der Waals surface area contributed by atoms with E-state index in [4.69, 9.17) is 0 Å². The van der Waals surface area contributed by atoms with Crippen LogP contribution in [0.15, 0.2) is 18.3 Å². The van der Waals surface area contributed by atoms with E-state index in [0.717, 1.165) is 64.0 Å². The number of likely N-dealkylation sites (tertiary alicyclic amines) is 1. The molecule has 1 N–H and O–H groups in total. The minimum atomic E-state index is 0.0733. The summed E-state index contributed by atoms with van der Waals surface area (Å²) in [5.41, 5.74) is 0.910. The number of amides is 2. The molecule has 3 heterocycles. The molecule has 1 aromatic heterocycles. The van der Waals surface area contributed by atoms with E-state index in [1.165, 1.54) is 0 Å². The fourth-order valence-corrected chi connectivity index (χ4v) is 4.43. The van der Waals surface area contributed by atoms with Crippen molar-refractivity contribution in [3.05, 3.63) is 24.0 Å². The third-order valence-electron chi connectivity index (χ3n) is 6.08. The molecule has 0 spiro atoms. The van der Waals surface area contributed by atoms with Crippen LogP contribution in [0.25, 0.3) is 0 Å². The predicted molar refractivity (Wildman–Crippen MR) is 104 cm³/mol. The van der Waals surface area contributed by atoms with Gasteiger partial charge in [0.1, 0.15) is 0 Å². The van der Waals surface area contributed by atoms with Gasteiger partial charge in [0.05, 0.1) is 12.2 Å². The van der Waals surface area contributed by atoms with E-state index in [1.807, 2.05) is 10.9 Å². The Bertz CT molecular complexity index is 722. The van der Waals surface area contributed by atoms with Gasteiger partial charge in [0.25, 0.3) is 0 Å². The number of allylic oxidation sites excluding steroid dienone is 2. The van der Waals surface area contributed by atoms with Crippen molar-refractivity contribution in [3.8, 4) is 0 Å². The second-order valence-electron chi connectivity index (χ2n) is 8.24. The summed E-state index contributed by atoms with van der Waals surface area (Å²) in [6, 6.07) is 0. The van der Waals surface area contributed by atoms with Gasteiger partial charge in [0, 0.05) is 51.4 Å². The Labute approximate surface area is 165 Å². The molecule has 28 heavy (non-hydrogen) atoms. The van der Waals surface area contributed by atoms with Crippen molar-refractivity contribution in [1.82, 2.24) is 30.1 Å². The first kappa shape index (κ1) is 19.1. The number of hydrogen-bond donors (Lipinski definition) is 1. The van der Waals surface area contributed by atoms with Crippen LogP contribution < -0.4 is 5.32 Å². The van der Waals surface area contributed by atoms with E-state index in [1.54, 1.807) is 0 Å². The summed E-state index contributed by atoms with van der Waals surface area (Å²) in [6.07, 6.45) is 11.3. The predicted octanol–water partition coefficient (Wildman–Crippen LogP) is 0.805. The van der Waals surface area contributed by atoms with Gasteiger partial charge in [0.15, 0.2) is 0 Å². The Morgan fingerprint density at radius 2 is 2.04 bits per heavy atom. The van der Waals surface area contributed by atoms with Gasteiger partial charge in [-0.3, -0.25) is 19.2 Å². The molecule has 2 saturated heterocycles. The van der Waals surface area contributed by atoms with E-state index >= 15 is 0 Å². The summed E-state index contributed by atoms with van der Waals surface area (Å²) >= 11 is 0. The zero-order chi connectivity index (χ0) is 19.3. The van der Waals surface area contributed by atoms with Gasteiger partial charge in [-0.1, -0.05) is 17.4 Å². The Kier molecular flexibility index (Phi) is 6.04. The third kappa shape index (κ3) is 4.79. The Morgan fingerprint density at radius 1 is 1.18 bits per heavy atom. The van der Waals surface area contributed by atoms with Crippen molar-refractivity contribution in [3.63, 3.8) is 0 Å². The molecule has 4 rings (SSSR count). The minimum Gasteiger partial charge on any atom is -0.354 e. The molecule has 0 saturated carbocycles. The smallest absolute Gasteiger partial charge is 0.234 e. The SMILES string of the molecule is O=C1CN(Cc2cn(CC3CCN(C(=O)[C@H]4CC=CCC4)CC3)nn2)CCN1.